The highest BCUT2D eigenvalue weighted by Crippen LogP contribution is 2.32. The van der Waals surface area contributed by atoms with Crippen LogP contribution in [0.3, 0.4) is 0 Å². The van der Waals surface area contributed by atoms with Crippen molar-refractivity contribution >= 4 is 11.8 Å². The van der Waals surface area contributed by atoms with Crippen molar-refractivity contribution in [3.63, 3.8) is 0 Å². The molecule has 1 aliphatic carbocycles. The van der Waals surface area contributed by atoms with Gasteiger partial charge in [0.15, 0.2) is 17.5 Å². The van der Waals surface area contributed by atoms with Crippen molar-refractivity contribution in [3.8, 4) is 0 Å². The molecule has 3 aromatic rings. The molecule has 7 nitrogen and oxygen atoms in total. The first-order valence-corrected chi connectivity index (χ1v) is 12.8. The smallest absolute Gasteiger partial charge is 0.352 e. The van der Waals surface area contributed by atoms with Gasteiger partial charge in [0.2, 0.25) is 17.6 Å². The van der Waals surface area contributed by atoms with E-state index in [0.29, 0.717) is 18.6 Å². The molecule has 2 aromatic carbocycles. The number of carbonyl (C=O) groups excluding carboxylic acids is 2. The second-order valence-electron chi connectivity index (χ2n) is 10.0. The van der Waals surface area contributed by atoms with Crippen LogP contribution in [0, 0.1) is 17.5 Å². The molecule has 0 saturated carbocycles. The van der Waals surface area contributed by atoms with Gasteiger partial charge < -0.3 is 14.8 Å². The predicted molar refractivity (Wildman–Crippen MR) is 129 cm³/mol. The highest BCUT2D eigenvalue weighted by Gasteiger charge is 2.40. The molecule has 13 heteroatoms. The standard InChI is InChI=1S/C27H25F6N5O2/c28-20-13-22(30)21(29)11-16(20)10-17(34-25(40)19-7-3-5-15-4-1-2-6-18(15)19)12-24(39)37-8-9-38-23(14-37)35-36-26(38)27(31,32)33/h1-2,4,6,11,13,17,19H,3,5,7-10,12,14H2,(H,34,40)/t17-,19?/m1/s1. The molecule has 1 N–H and O–H groups in total. The van der Waals surface area contributed by atoms with Crippen molar-refractivity contribution in [2.24, 2.45) is 0 Å². The van der Waals surface area contributed by atoms with Gasteiger partial charge >= 0.3 is 6.18 Å². The van der Waals surface area contributed by atoms with Gasteiger partial charge in [-0.25, -0.2) is 13.2 Å². The number of aromatic nitrogens is 3. The van der Waals surface area contributed by atoms with Crippen LogP contribution in [0.25, 0.3) is 0 Å². The highest BCUT2D eigenvalue weighted by atomic mass is 19.4. The van der Waals surface area contributed by atoms with Gasteiger partial charge in [0, 0.05) is 31.6 Å². The SMILES string of the molecule is O=C(N[C@@H](CC(=O)N1CCn2c(nnc2C(F)(F)F)C1)Cc1cc(F)c(F)cc1F)C1CCCc2ccccc21. The Morgan fingerprint density at radius 1 is 1.02 bits per heavy atom. The van der Waals surface area contributed by atoms with E-state index in [9.17, 15) is 35.9 Å². The summed E-state index contributed by atoms with van der Waals surface area (Å²) >= 11 is 0. The van der Waals surface area contributed by atoms with Gasteiger partial charge in [-0.15, -0.1) is 10.2 Å². The summed E-state index contributed by atoms with van der Waals surface area (Å²) < 4.78 is 82.4. The van der Waals surface area contributed by atoms with E-state index in [1.165, 1.54) is 4.90 Å². The molecule has 1 aliphatic heterocycles. The third-order valence-corrected chi connectivity index (χ3v) is 7.37. The molecule has 0 saturated heterocycles. The first-order chi connectivity index (χ1) is 19.0. The fraction of sp³-hybridized carbons (Fsp3) is 0.407. The number of benzene rings is 2. The van der Waals surface area contributed by atoms with Crippen LogP contribution in [0.1, 0.15) is 53.5 Å². The zero-order valence-electron chi connectivity index (χ0n) is 21.1. The molecular weight excluding hydrogens is 540 g/mol. The summed E-state index contributed by atoms with van der Waals surface area (Å²) in [7, 11) is 0. The number of hydrogen-bond acceptors (Lipinski definition) is 4. The van der Waals surface area contributed by atoms with E-state index in [0.717, 1.165) is 28.5 Å². The van der Waals surface area contributed by atoms with Crippen LogP contribution in [0.2, 0.25) is 0 Å². The van der Waals surface area contributed by atoms with Crippen LogP contribution in [0.4, 0.5) is 26.3 Å². The third-order valence-electron chi connectivity index (χ3n) is 7.37. The highest BCUT2D eigenvalue weighted by molar-refractivity contribution is 5.85. The van der Waals surface area contributed by atoms with Crippen molar-refractivity contribution in [2.75, 3.05) is 6.54 Å². The van der Waals surface area contributed by atoms with Gasteiger partial charge in [0.1, 0.15) is 5.82 Å². The number of carbonyl (C=O) groups is 2. The number of amides is 2. The fourth-order valence-corrected chi connectivity index (χ4v) is 5.41. The lowest BCUT2D eigenvalue weighted by atomic mass is 9.82. The number of aryl methyl sites for hydroxylation is 1. The molecule has 2 atom stereocenters. The first-order valence-electron chi connectivity index (χ1n) is 12.8. The minimum atomic E-state index is -4.70. The Morgan fingerprint density at radius 2 is 1.77 bits per heavy atom. The van der Waals surface area contributed by atoms with E-state index in [1.54, 1.807) is 0 Å². The maximum absolute atomic E-state index is 14.5. The Labute approximate surface area is 225 Å². The second kappa shape index (κ2) is 10.9. The summed E-state index contributed by atoms with van der Waals surface area (Å²) in [6, 6.07) is 7.58. The first kappa shape index (κ1) is 27.7. The van der Waals surface area contributed by atoms with Gasteiger partial charge in [0.25, 0.3) is 0 Å². The number of fused-ring (bicyclic) bond motifs is 2. The van der Waals surface area contributed by atoms with Gasteiger partial charge in [0.05, 0.1) is 12.5 Å². The maximum Gasteiger partial charge on any atom is 0.451 e. The summed E-state index contributed by atoms with van der Waals surface area (Å²) in [6.45, 7) is -0.488. The van der Waals surface area contributed by atoms with Gasteiger partial charge in [-0.2, -0.15) is 13.2 Å². The average molecular weight is 566 g/mol. The summed E-state index contributed by atoms with van der Waals surface area (Å²) in [5.41, 5.74) is 1.66. The van der Waals surface area contributed by atoms with Crippen LogP contribution in [-0.4, -0.2) is 44.1 Å². The fourth-order valence-electron chi connectivity index (χ4n) is 5.41. The van der Waals surface area contributed by atoms with Crippen LogP contribution in [0.15, 0.2) is 36.4 Å². The van der Waals surface area contributed by atoms with Crippen molar-refractivity contribution in [1.29, 1.82) is 0 Å². The normalized spacial score (nSPS) is 17.6. The van der Waals surface area contributed by atoms with E-state index < -0.39 is 47.3 Å². The zero-order valence-corrected chi connectivity index (χ0v) is 21.1. The number of halogens is 6. The lowest BCUT2D eigenvalue weighted by Gasteiger charge is -2.31. The van der Waals surface area contributed by atoms with Crippen LogP contribution in [0.5, 0.6) is 0 Å². The number of nitrogens with one attached hydrogen (secondary N) is 1. The minimum absolute atomic E-state index is 0.0435. The Hall–Kier alpha value is -3.90. The van der Waals surface area contributed by atoms with Crippen molar-refractivity contribution < 1.29 is 35.9 Å². The number of rotatable bonds is 6. The topological polar surface area (TPSA) is 80.1 Å². The van der Waals surface area contributed by atoms with E-state index in [-0.39, 0.29) is 49.8 Å². The third kappa shape index (κ3) is 5.68. The second-order valence-corrected chi connectivity index (χ2v) is 10.0. The number of nitrogens with zero attached hydrogens (tertiary/aromatic N) is 4. The molecule has 0 fully saturated rings. The van der Waals surface area contributed by atoms with Crippen LogP contribution in [-0.2, 0) is 41.7 Å². The Kier molecular flexibility index (Phi) is 7.56. The lowest BCUT2D eigenvalue weighted by Crippen LogP contribution is -2.45. The zero-order chi connectivity index (χ0) is 28.6. The maximum atomic E-state index is 14.5. The molecule has 1 unspecified atom stereocenters. The average Bonchev–Trinajstić information content (AvgIpc) is 3.35. The number of alkyl halides is 3. The molecule has 1 aromatic heterocycles. The quantitative estimate of drug-likeness (QED) is 0.357. The van der Waals surface area contributed by atoms with Crippen molar-refractivity contribution in [1.82, 2.24) is 25.0 Å². The van der Waals surface area contributed by atoms with E-state index in [2.05, 4.69) is 15.5 Å². The molecule has 2 aliphatic rings. The summed E-state index contributed by atoms with van der Waals surface area (Å²) in [4.78, 5) is 27.9. The number of hydrogen-bond donors (Lipinski definition) is 1. The summed E-state index contributed by atoms with van der Waals surface area (Å²) in [5.74, 6) is -6.29. The Balaban J connectivity index is 1.35. The van der Waals surface area contributed by atoms with Gasteiger partial charge in [-0.1, -0.05) is 24.3 Å². The van der Waals surface area contributed by atoms with Gasteiger partial charge in [-0.3, -0.25) is 9.59 Å². The molecule has 0 radical (unpaired) electrons. The van der Waals surface area contributed by atoms with Crippen molar-refractivity contribution in [2.45, 2.75) is 63.3 Å². The molecule has 2 amide bonds. The lowest BCUT2D eigenvalue weighted by molar-refractivity contribution is -0.148. The Bertz CT molecular complexity index is 1440. The molecule has 0 bridgehead atoms. The van der Waals surface area contributed by atoms with E-state index in [1.807, 2.05) is 24.3 Å². The van der Waals surface area contributed by atoms with Crippen LogP contribution < -0.4 is 5.32 Å². The Morgan fingerprint density at radius 3 is 2.55 bits per heavy atom. The molecule has 2 heterocycles. The summed E-state index contributed by atoms with van der Waals surface area (Å²) in [6.07, 6.45) is -3.20. The van der Waals surface area contributed by atoms with Gasteiger partial charge in [-0.05, 0) is 48.4 Å². The minimum Gasteiger partial charge on any atom is -0.352 e. The molecule has 0 spiro atoms. The largest absolute Gasteiger partial charge is 0.451 e. The van der Waals surface area contributed by atoms with Crippen molar-refractivity contribution in [3.05, 3.63) is 82.2 Å². The van der Waals surface area contributed by atoms with Crippen LogP contribution >= 0.6 is 0 Å². The predicted octanol–water partition coefficient (Wildman–Crippen LogP) is 4.29. The molecule has 40 heavy (non-hydrogen) atoms. The molecule has 212 valence electrons. The monoisotopic (exact) mass is 565 g/mol. The van der Waals surface area contributed by atoms with E-state index in [4.69, 9.17) is 0 Å². The summed E-state index contributed by atoms with van der Waals surface area (Å²) in [5, 5.41) is 9.56. The molecular formula is C27H25F6N5O2. The molecule has 5 rings (SSSR count). The van der Waals surface area contributed by atoms with E-state index >= 15 is 0 Å².